The van der Waals surface area contributed by atoms with Gasteiger partial charge in [-0.3, -0.25) is 0 Å². The lowest BCUT2D eigenvalue weighted by molar-refractivity contribution is 0.418. The Labute approximate surface area is 173 Å². The number of fused-ring (bicyclic) bond motifs is 1. The van der Waals surface area contributed by atoms with Crippen LogP contribution in [0.15, 0.2) is 42.5 Å². The average Bonchev–Trinajstić information content (AvgIpc) is 3.42. The highest BCUT2D eigenvalue weighted by atomic mass is 32.2. The second kappa shape index (κ2) is 8.57. The predicted octanol–water partition coefficient (Wildman–Crippen LogP) is 4.95. The Morgan fingerprint density at radius 3 is 2.66 bits per heavy atom. The molecule has 3 nitrogen and oxygen atoms in total. The van der Waals surface area contributed by atoms with E-state index in [1.54, 1.807) is 12.1 Å². The third-order valence-electron chi connectivity index (χ3n) is 6.31. The van der Waals surface area contributed by atoms with Gasteiger partial charge in [0.1, 0.15) is 5.82 Å². The summed E-state index contributed by atoms with van der Waals surface area (Å²) in [6.07, 6.45) is 6.22. The standard InChI is InChI=1S/C24H30FNO2S/c1-2-4-20-14-21-10-9-19(15-26-29(27,28)16-17-7-8-17)13-24(21)23(20)12-18-5-3-6-22(25)11-18/h3,5-6,9-11,13,17,20,23,26H,2,4,7-8,12,14-16H2,1H3. The summed E-state index contributed by atoms with van der Waals surface area (Å²) in [5.41, 5.74) is 4.70. The molecule has 2 aliphatic rings. The maximum atomic E-state index is 13.7. The van der Waals surface area contributed by atoms with Crippen LogP contribution in [-0.4, -0.2) is 14.2 Å². The quantitative estimate of drug-likeness (QED) is 0.630. The molecule has 29 heavy (non-hydrogen) atoms. The molecular weight excluding hydrogens is 385 g/mol. The Hall–Kier alpha value is -1.72. The van der Waals surface area contributed by atoms with E-state index < -0.39 is 10.0 Å². The second-order valence-corrected chi connectivity index (χ2v) is 10.6. The van der Waals surface area contributed by atoms with Gasteiger partial charge < -0.3 is 0 Å². The summed E-state index contributed by atoms with van der Waals surface area (Å²) in [5, 5.41) is 0. The molecule has 1 saturated carbocycles. The first-order valence-corrected chi connectivity index (χ1v) is 12.4. The van der Waals surface area contributed by atoms with E-state index in [2.05, 4.69) is 23.8 Å². The number of hydrogen-bond donors (Lipinski definition) is 1. The molecule has 0 aromatic heterocycles. The fraction of sp³-hybridized carbons (Fsp3) is 0.500. The molecule has 0 spiro atoms. The van der Waals surface area contributed by atoms with E-state index in [-0.39, 0.29) is 11.6 Å². The SMILES string of the molecule is CCCC1Cc2ccc(CNS(=O)(=O)CC3CC3)cc2C1Cc1cccc(F)c1. The van der Waals surface area contributed by atoms with Gasteiger partial charge in [0.05, 0.1) is 5.75 Å². The fourth-order valence-corrected chi connectivity index (χ4v) is 6.14. The second-order valence-electron chi connectivity index (χ2n) is 8.77. The highest BCUT2D eigenvalue weighted by Gasteiger charge is 2.32. The number of sulfonamides is 1. The van der Waals surface area contributed by atoms with E-state index in [1.807, 2.05) is 12.1 Å². The minimum Gasteiger partial charge on any atom is -0.212 e. The van der Waals surface area contributed by atoms with Crippen LogP contribution in [0.2, 0.25) is 0 Å². The van der Waals surface area contributed by atoms with Gasteiger partial charge in [0.25, 0.3) is 0 Å². The van der Waals surface area contributed by atoms with Crippen molar-refractivity contribution in [3.8, 4) is 0 Å². The van der Waals surface area contributed by atoms with Crippen molar-refractivity contribution in [3.63, 3.8) is 0 Å². The summed E-state index contributed by atoms with van der Waals surface area (Å²) < 4.78 is 40.9. The number of benzene rings is 2. The van der Waals surface area contributed by atoms with Crippen LogP contribution >= 0.6 is 0 Å². The number of rotatable bonds is 9. The van der Waals surface area contributed by atoms with E-state index >= 15 is 0 Å². The number of hydrogen-bond acceptors (Lipinski definition) is 2. The summed E-state index contributed by atoms with van der Waals surface area (Å²) in [4.78, 5) is 0. The van der Waals surface area contributed by atoms with Crippen molar-refractivity contribution in [2.75, 3.05) is 5.75 Å². The van der Waals surface area contributed by atoms with Gasteiger partial charge in [-0.15, -0.1) is 0 Å². The molecule has 0 bridgehead atoms. The van der Waals surface area contributed by atoms with E-state index in [4.69, 9.17) is 0 Å². The zero-order valence-corrected chi connectivity index (χ0v) is 17.8. The summed E-state index contributed by atoms with van der Waals surface area (Å²) in [5.74, 6) is 1.32. The van der Waals surface area contributed by atoms with E-state index in [1.165, 1.54) is 17.2 Å². The Kier molecular flexibility index (Phi) is 6.07. The van der Waals surface area contributed by atoms with Gasteiger partial charge >= 0.3 is 0 Å². The van der Waals surface area contributed by atoms with Crippen LogP contribution in [0.4, 0.5) is 4.39 Å². The van der Waals surface area contributed by atoms with Crippen LogP contribution in [0.1, 0.15) is 60.8 Å². The third kappa shape index (κ3) is 5.26. The van der Waals surface area contributed by atoms with Crippen LogP contribution in [0.3, 0.4) is 0 Å². The minimum absolute atomic E-state index is 0.188. The molecule has 0 amide bonds. The molecule has 5 heteroatoms. The molecule has 2 aromatic rings. The topological polar surface area (TPSA) is 46.2 Å². The third-order valence-corrected chi connectivity index (χ3v) is 7.81. The predicted molar refractivity (Wildman–Crippen MR) is 115 cm³/mol. The summed E-state index contributed by atoms with van der Waals surface area (Å²) >= 11 is 0. The molecule has 2 atom stereocenters. The van der Waals surface area contributed by atoms with Crippen LogP contribution in [0, 0.1) is 17.7 Å². The monoisotopic (exact) mass is 415 g/mol. The fourth-order valence-electron chi connectivity index (χ4n) is 4.68. The Bertz CT molecular complexity index is 969. The molecule has 0 aliphatic heterocycles. The molecule has 0 saturated heterocycles. The number of halogens is 1. The maximum absolute atomic E-state index is 13.7. The van der Waals surface area contributed by atoms with E-state index in [0.29, 0.717) is 24.3 Å². The molecule has 4 rings (SSSR count). The van der Waals surface area contributed by atoms with Gasteiger partial charge in [0.2, 0.25) is 10.0 Å². The van der Waals surface area contributed by atoms with Crippen molar-refractivity contribution in [2.45, 2.75) is 57.9 Å². The van der Waals surface area contributed by atoms with Crippen molar-refractivity contribution in [2.24, 2.45) is 11.8 Å². The van der Waals surface area contributed by atoms with Crippen LogP contribution < -0.4 is 4.72 Å². The van der Waals surface area contributed by atoms with Gasteiger partial charge in [0, 0.05) is 6.54 Å². The largest absolute Gasteiger partial charge is 0.212 e. The molecule has 1 N–H and O–H groups in total. The zero-order chi connectivity index (χ0) is 20.4. The molecule has 0 radical (unpaired) electrons. The lowest BCUT2D eigenvalue weighted by atomic mass is 9.84. The number of nitrogens with one attached hydrogen (secondary N) is 1. The molecular formula is C24H30FNO2S. The van der Waals surface area contributed by atoms with Crippen molar-refractivity contribution >= 4 is 10.0 Å². The first-order valence-electron chi connectivity index (χ1n) is 10.8. The zero-order valence-electron chi connectivity index (χ0n) is 17.0. The van der Waals surface area contributed by atoms with Crippen LogP contribution in [0.5, 0.6) is 0 Å². The van der Waals surface area contributed by atoms with Gasteiger partial charge in [-0.25, -0.2) is 17.5 Å². The Balaban J connectivity index is 1.52. The maximum Gasteiger partial charge on any atom is 0.212 e. The highest BCUT2D eigenvalue weighted by molar-refractivity contribution is 7.89. The van der Waals surface area contributed by atoms with Crippen molar-refractivity contribution in [1.82, 2.24) is 4.72 Å². The highest BCUT2D eigenvalue weighted by Crippen LogP contribution is 2.43. The van der Waals surface area contributed by atoms with E-state index in [0.717, 1.165) is 49.7 Å². The van der Waals surface area contributed by atoms with Gasteiger partial charge in [-0.05, 0) is 84.2 Å². The van der Waals surface area contributed by atoms with Crippen LogP contribution in [-0.2, 0) is 29.4 Å². The van der Waals surface area contributed by atoms with Gasteiger partial charge in [-0.2, -0.15) is 0 Å². The van der Waals surface area contributed by atoms with Crippen molar-refractivity contribution < 1.29 is 12.8 Å². The molecule has 2 aliphatic carbocycles. The molecule has 2 aromatic carbocycles. The molecule has 2 unspecified atom stereocenters. The average molecular weight is 416 g/mol. The lowest BCUT2D eigenvalue weighted by Crippen LogP contribution is -2.26. The summed E-state index contributed by atoms with van der Waals surface area (Å²) in [6, 6.07) is 13.3. The first-order chi connectivity index (χ1) is 13.9. The van der Waals surface area contributed by atoms with Crippen molar-refractivity contribution in [1.29, 1.82) is 0 Å². The van der Waals surface area contributed by atoms with E-state index in [9.17, 15) is 12.8 Å². The van der Waals surface area contributed by atoms with Gasteiger partial charge in [0.15, 0.2) is 0 Å². The normalized spacial score (nSPS) is 21.3. The molecule has 1 fully saturated rings. The summed E-state index contributed by atoms with van der Waals surface area (Å²) in [7, 11) is -3.21. The smallest absolute Gasteiger partial charge is 0.212 e. The molecule has 0 heterocycles. The lowest BCUT2D eigenvalue weighted by Gasteiger charge is -2.21. The Morgan fingerprint density at radius 1 is 1.10 bits per heavy atom. The first kappa shape index (κ1) is 20.5. The van der Waals surface area contributed by atoms with Crippen molar-refractivity contribution in [3.05, 3.63) is 70.5 Å². The molecule has 156 valence electrons. The van der Waals surface area contributed by atoms with Gasteiger partial charge in [-0.1, -0.05) is 43.7 Å². The Morgan fingerprint density at radius 2 is 1.93 bits per heavy atom. The minimum atomic E-state index is -3.21. The summed E-state index contributed by atoms with van der Waals surface area (Å²) in [6.45, 7) is 2.55. The van der Waals surface area contributed by atoms with Crippen LogP contribution in [0.25, 0.3) is 0 Å².